The van der Waals surface area contributed by atoms with Gasteiger partial charge in [0, 0.05) is 31.3 Å². The Bertz CT molecular complexity index is 799. The second kappa shape index (κ2) is 5.67. The Balaban J connectivity index is 2.01. The molecule has 7 heteroatoms. The highest BCUT2D eigenvalue weighted by atomic mass is 79.9. The van der Waals surface area contributed by atoms with Gasteiger partial charge in [-0.2, -0.15) is 4.98 Å². The number of anilines is 1. The zero-order valence-electron chi connectivity index (χ0n) is 10.5. The summed E-state index contributed by atoms with van der Waals surface area (Å²) in [5.74, 6) is 0.788. The standard InChI is InChI=1S/C14H8BrCl2N3O/c15-11-2-1-7(5-12(11)18)14-19-13(20-21-14)8-3-9(16)6-10(17)4-8/h1-6H,18H2. The van der Waals surface area contributed by atoms with Gasteiger partial charge in [0.1, 0.15) is 0 Å². The quantitative estimate of drug-likeness (QED) is 0.627. The van der Waals surface area contributed by atoms with Crippen molar-refractivity contribution in [1.82, 2.24) is 10.1 Å². The van der Waals surface area contributed by atoms with Gasteiger partial charge in [-0.25, -0.2) is 0 Å². The number of hydrogen-bond acceptors (Lipinski definition) is 4. The molecule has 3 rings (SSSR count). The predicted octanol–water partition coefficient (Wildman–Crippen LogP) is 5.06. The molecule has 0 aliphatic heterocycles. The zero-order valence-corrected chi connectivity index (χ0v) is 13.6. The van der Waals surface area contributed by atoms with Crippen LogP contribution in [0.3, 0.4) is 0 Å². The van der Waals surface area contributed by atoms with E-state index in [4.69, 9.17) is 33.5 Å². The summed E-state index contributed by atoms with van der Waals surface area (Å²) < 4.78 is 6.07. The van der Waals surface area contributed by atoms with Crippen LogP contribution < -0.4 is 5.73 Å². The van der Waals surface area contributed by atoms with Gasteiger partial charge in [0.05, 0.1) is 0 Å². The first-order valence-corrected chi connectivity index (χ1v) is 7.43. The summed E-state index contributed by atoms with van der Waals surface area (Å²) in [5.41, 5.74) is 7.87. The van der Waals surface area contributed by atoms with E-state index in [1.807, 2.05) is 12.1 Å². The van der Waals surface area contributed by atoms with Gasteiger partial charge in [-0.15, -0.1) is 0 Å². The lowest BCUT2D eigenvalue weighted by Gasteiger charge is -1.99. The van der Waals surface area contributed by atoms with Gasteiger partial charge >= 0.3 is 0 Å². The number of halogens is 3. The van der Waals surface area contributed by atoms with Crippen molar-refractivity contribution in [3.8, 4) is 22.8 Å². The van der Waals surface area contributed by atoms with E-state index in [1.165, 1.54) is 0 Å². The summed E-state index contributed by atoms with van der Waals surface area (Å²) in [7, 11) is 0. The van der Waals surface area contributed by atoms with E-state index >= 15 is 0 Å². The first kappa shape index (κ1) is 14.4. The van der Waals surface area contributed by atoms with E-state index < -0.39 is 0 Å². The number of nitrogens with zero attached hydrogens (tertiary/aromatic N) is 2. The fourth-order valence-corrected chi connectivity index (χ4v) is 2.59. The molecule has 2 aromatic carbocycles. The Morgan fingerprint density at radius 3 is 2.38 bits per heavy atom. The van der Waals surface area contributed by atoms with E-state index in [0.29, 0.717) is 33.0 Å². The third-order valence-electron chi connectivity index (χ3n) is 2.79. The summed E-state index contributed by atoms with van der Waals surface area (Å²) in [6.07, 6.45) is 0. The van der Waals surface area contributed by atoms with E-state index in [-0.39, 0.29) is 0 Å². The molecule has 0 radical (unpaired) electrons. The van der Waals surface area contributed by atoms with E-state index in [1.54, 1.807) is 24.3 Å². The number of hydrogen-bond donors (Lipinski definition) is 1. The van der Waals surface area contributed by atoms with Crippen molar-refractivity contribution in [2.75, 3.05) is 5.73 Å². The van der Waals surface area contributed by atoms with Crippen LogP contribution in [0.2, 0.25) is 10.0 Å². The van der Waals surface area contributed by atoms with Gasteiger partial charge in [-0.3, -0.25) is 0 Å². The largest absolute Gasteiger partial charge is 0.398 e. The molecule has 0 unspecified atom stereocenters. The highest BCUT2D eigenvalue weighted by molar-refractivity contribution is 9.10. The van der Waals surface area contributed by atoms with Gasteiger partial charge < -0.3 is 10.3 Å². The number of benzene rings is 2. The molecule has 0 atom stereocenters. The molecule has 1 aromatic heterocycles. The molecule has 3 aromatic rings. The fraction of sp³-hybridized carbons (Fsp3) is 0. The fourth-order valence-electron chi connectivity index (χ4n) is 1.82. The van der Waals surface area contributed by atoms with Crippen molar-refractivity contribution in [3.63, 3.8) is 0 Å². The minimum Gasteiger partial charge on any atom is -0.398 e. The molecule has 0 fully saturated rings. The van der Waals surface area contributed by atoms with Crippen molar-refractivity contribution in [3.05, 3.63) is 50.9 Å². The second-order valence-electron chi connectivity index (χ2n) is 4.32. The molecule has 106 valence electrons. The SMILES string of the molecule is Nc1cc(-c2nc(-c3cc(Cl)cc(Cl)c3)no2)ccc1Br. The molecule has 0 saturated heterocycles. The average Bonchev–Trinajstić information content (AvgIpc) is 2.90. The van der Waals surface area contributed by atoms with Crippen LogP contribution in [-0.2, 0) is 0 Å². The Morgan fingerprint density at radius 1 is 1.00 bits per heavy atom. The molecule has 2 N–H and O–H groups in total. The second-order valence-corrected chi connectivity index (χ2v) is 6.04. The smallest absolute Gasteiger partial charge is 0.258 e. The summed E-state index contributed by atoms with van der Waals surface area (Å²) in [5, 5.41) is 4.96. The highest BCUT2D eigenvalue weighted by Gasteiger charge is 2.12. The van der Waals surface area contributed by atoms with Crippen LogP contribution in [-0.4, -0.2) is 10.1 Å². The van der Waals surface area contributed by atoms with Crippen molar-refractivity contribution >= 4 is 44.8 Å². The lowest BCUT2D eigenvalue weighted by molar-refractivity contribution is 0.432. The third kappa shape index (κ3) is 3.05. The van der Waals surface area contributed by atoms with Crippen molar-refractivity contribution in [2.24, 2.45) is 0 Å². The van der Waals surface area contributed by atoms with Crippen LogP contribution in [0.15, 0.2) is 45.4 Å². The Morgan fingerprint density at radius 2 is 1.71 bits per heavy atom. The van der Waals surface area contributed by atoms with Crippen LogP contribution in [0.5, 0.6) is 0 Å². The molecule has 0 amide bonds. The molecular formula is C14H8BrCl2N3O. The van der Waals surface area contributed by atoms with Gasteiger partial charge in [-0.05, 0) is 52.3 Å². The number of aromatic nitrogens is 2. The molecule has 0 spiro atoms. The molecule has 0 saturated carbocycles. The van der Waals surface area contributed by atoms with Gasteiger partial charge in [0.15, 0.2) is 0 Å². The van der Waals surface area contributed by atoms with Crippen LogP contribution >= 0.6 is 39.1 Å². The monoisotopic (exact) mass is 383 g/mol. The zero-order chi connectivity index (χ0) is 15.0. The first-order valence-electron chi connectivity index (χ1n) is 5.88. The van der Waals surface area contributed by atoms with Crippen molar-refractivity contribution < 1.29 is 4.52 Å². The maximum atomic E-state index is 5.97. The molecule has 1 heterocycles. The number of rotatable bonds is 2. The van der Waals surface area contributed by atoms with Gasteiger partial charge in [-0.1, -0.05) is 28.4 Å². The maximum Gasteiger partial charge on any atom is 0.258 e. The van der Waals surface area contributed by atoms with E-state index in [9.17, 15) is 0 Å². The summed E-state index contributed by atoms with van der Waals surface area (Å²) in [6.45, 7) is 0. The minimum atomic E-state index is 0.375. The topological polar surface area (TPSA) is 64.9 Å². The Hall–Kier alpha value is -1.56. The Labute approximate surface area is 139 Å². The average molecular weight is 385 g/mol. The molecule has 4 nitrogen and oxygen atoms in total. The van der Waals surface area contributed by atoms with Crippen LogP contribution in [0.4, 0.5) is 5.69 Å². The lowest BCUT2D eigenvalue weighted by Crippen LogP contribution is -1.87. The molecule has 21 heavy (non-hydrogen) atoms. The van der Waals surface area contributed by atoms with E-state index in [0.717, 1.165) is 10.0 Å². The Kier molecular flexibility index (Phi) is 3.89. The van der Waals surface area contributed by atoms with Crippen LogP contribution in [0.25, 0.3) is 22.8 Å². The number of nitrogens with two attached hydrogens (primary N) is 1. The first-order chi connectivity index (χ1) is 10.0. The van der Waals surface area contributed by atoms with Gasteiger partial charge in [0.25, 0.3) is 5.89 Å². The van der Waals surface area contributed by atoms with Crippen molar-refractivity contribution in [2.45, 2.75) is 0 Å². The summed E-state index contributed by atoms with van der Waals surface area (Å²) in [4.78, 5) is 4.34. The van der Waals surface area contributed by atoms with Crippen LogP contribution in [0.1, 0.15) is 0 Å². The molecule has 0 bridgehead atoms. The molecule has 0 aliphatic rings. The highest BCUT2D eigenvalue weighted by Crippen LogP contribution is 2.29. The molecular weight excluding hydrogens is 377 g/mol. The third-order valence-corrected chi connectivity index (χ3v) is 3.95. The van der Waals surface area contributed by atoms with Crippen LogP contribution in [0, 0.1) is 0 Å². The minimum absolute atomic E-state index is 0.375. The predicted molar refractivity (Wildman–Crippen MR) is 87.3 cm³/mol. The normalized spacial score (nSPS) is 10.8. The van der Waals surface area contributed by atoms with E-state index in [2.05, 4.69) is 26.1 Å². The van der Waals surface area contributed by atoms with Gasteiger partial charge in [0.2, 0.25) is 5.82 Å². The summed E-state index contributed by atoms with van der Waals surface area (Å²) in [6, 6.07) is 10.5. The molecule has 0 aliphatic carbocycles. The summed E-state index contributed by atoms with van der Waals surface area (Å²) >= 11 is 15.3. The maximum absolute atomic E-state index is 5.97. The number of nitrogen functional groups attached to an aromatic ring is 1. The lowest BCUT2D eigenvalue weighted by atomic mass is 10.2. The van der Waals surface area contributed by atoms with Crippen molar-refractivity contribution in [1.29, 1.82) is 0 Å².